The number of aromatic carboxylic acids is 1. The maximum atomic E-state index is 12.5. The molecule has 1 fully saturated rings. The van der Waals surface area contributed by atoms with Crippen LogP contribution >= 0.6 is 23.2 Å². The minimum absolute atomic E-state index is 0.0727. The molecule has 1 aromatic carbocycles. The van der Waals surface area contributed by atoms with Gasteiger partial charge in [0, 0.05) is 13.1 Å². The molecule has 0 bridgehead atoms. The van der Waals surface area contributed by atoms with Crippen molar-refractivity contribution in [3.05, 3.63) is 27.7 Å². The lowest BCUT2D eigenvalue weighted by molar-refractivity contribution is 0.0695. The first kappa shape index (κ1) is 16.5. The Morgan fingerprint density at radius 1 is 1.33 bits per heavy atom. The number of aliphatic hydroxyl groups is 1. The van der Waals surface area contributed by atoms with Gasteiger partial charge in [-0.25, -0.2) is 13.2 Å². The molecule has 116 valence electrons. The van der Waals surface area contributed by atoms with Crippen LogP contribution in [0.3, 0.4) is 0 Å². The minimum atomic E-state index is -3.99. The fourth-order valence-corrected chi connectivity index (χ4v) is 4.53. The highest BCUT2D eigenvalue weighted by atomic mass is 35.5. The van der Waals surface area contributed by atoms with E-state index in [2.05, 4.69) is 0 Å². The molecule has 1 aromatic rings. The van der Waals surface area contributed by atoms with Crippen LogP contribution < -0.4 is 0 Å². The first-order chi connectivity index (χ1) is 9.54. The van der Waals surface area contributed by atoms with E-state index < -0.39 is 21.6 Å². The van der Waals surface area contributed by atoms with E-state index in [9.17, 15) is 18.3 Å². The van der Waals surface area contributed by atoms with Gasteiger partial charge < -0.3 is 10.2 Å². The molecule has 9 heteroatoms. The maximum absolute atomic E-state index is 12.5. The van der Waals surface area contributed by atoms with Gasteiger partial charge in [-0.2, -0.15) is 4.31 Å². The van der Waals surface area contributed by atoms with E-state index in [0.29, 0.717) is 6.42 Å². The molecule has 2 rings (SSSR count). The maximum Gasteiger partial charge on any atom is 0.337 e. The van der Waals surface area contributed by atoms with Crippen LogP contribution in [-0.2, 0) is 10.0 Å². The highest BCUT2D eigenvalue weighted by Crippen LogP contribution is 2.33. The minimum Gasteiger partial charge on any atom is -0.478 e. The molecule has 2 N–H and O–H groups in total. The van der Waals surface area contributed by atoms with E-state index in [1.165, 1.54) is 6.92 Å². The number of β-amino-alcohol motifs (C(OH)–C–C–N with tert-alkyl or cyclic N) is 1. The quantitative estimate of drug-likeness (QED) is 0.864. The van der Waals surface area contributed by atoms with Crippen molar-refractivity contribution in [2.75, 3.05) is 13.1 Å². The topological polar surface area (TPSA) is 94.9 Å². The number of carbonyl (C=O) groups is 1. The number of halogens is 2. The van der Waals surface area contributed by atoms with Crippen molar-refractivity contribution in [1.82, 2.24) is 4.31 Å². The van der Waals surface area contributed by atoms with Gasteiger partial charge in [-0.1, -0.05) is 23.2 Å². The number of nitrogens with zero attached hydrogens (tertiary/aromatic N) is 1. The van der Waals surface area contributed by atoms with Crippen LogP contribution in [0.15, 0.2) is 17.0 Å². The van der Waals surface area contributed by atoms with Crippen LogP contribution in [0.5, 0.6) is 0 Å². The monoisotopic (exact) mass is 353 g/mol. The molecule has 21 heavy (non-hydrogen) atoms. The molecule has 6 nitrogen and oxygen atoms in total. The fourth-order valence-electron chi connectivity index (χ4n) is 2.14. The van der Waals surface area contributed by atoms with Crippen LogP contribution in [-0.4, -0.2) is 47.6 Å². The predicted molar refractivity (Wildman–Crippen MR) is 77.4 cm³/mol. The summed E-state index contributed by atoms with van der Waals surface area (Å²) in [5.41, 5.74) is -1.45. The summed E-state index contributed by atoms with van der Waals surface area (Å²) in [5, 5.41) is 18.6. The summed E-state index contributed by atoms with van der Waals surface area (Å²) in [6, 6.07) is 2.03. The lowest BCUT2D eigenvalue weighted by atomic mass is 10.1. The molecule has 1 aliphatic rings. The van der Waals surface area contributed by atoms with E-state index in [-0.39, 0.29) is 33.6 Å². The van der Waals surface area contributed by atoms with Gasteiger partial charge in [-0.05, 0) is 25.5 Å². The van der Waals surface area contributed by atoms with Crippen molar-refractivity contribution in [1.29, 1.82) is 0 Å². The lowest BCUT2D eigenvalue weighted by Gasteiger charge is -2.20. The van der Waals surface area contributed by atoms with Crippen LogP contribution in [0.2, 0.25) is 10.0 Å². The van der Waals surface area contributed by atoms with Crippen LogP contribution in [0.1, 0.15) is 23.7 Å². The number of hydrogen-bond acceptors (Lipinski definition) is 4. The molecule has 1 unspecified atom stereocenters. The third kappa shape index (κ3) is 3.17. The van der Waals surface area contributed by atoms with Crippen molar-refractivity contribution < 1.29 is 23.4 Å². The second-order valence-electron chi connectivity index (χ2n) is 5.15. The van der Waals surface area contributed by atoms with E-state index in [0.717, 1.165) is 16.4 Å². The number of carboxylic acid groups (broad SMARTS) is 1. The summed E-state index contributed by atoms with van der Waals surface area (Å²) >= 11 is 11.6. The standard InChI is InChI=1S/C12H13Cl2NO5S/c1-12(18)2-3-15(6-12)21(19,20)10-4-7(11(16)17)8(13)5-9(10)14/h4-5,18H,2-3,6H2,1H3,(H,16,17). The Bertz CT molecular complexity index is 702. The first-order valence-corrected chi connectivity index (χ1v) is 8.19. The molecule has 1 aliphatic heterocycles. The second-order valence-corrected chi connectivity index (χ2v) is 7.87. The summed E-state index contributed by atoms with van der Waals surface area (Å²) in [7, 11) is -3.99. The summed E-state index contributed by atoms with van der Waals surface area (Å²) in [6.45, 7) is 1.60. The van der Waals surface area contributed by atoms with Gasteiger partial charge >= 0.3 is 5.97 Å². The van der Waals surface area contributed by atoms with E-state index in [1.807, 2.05) is 0 Å². The molecule has 0 aromatic heterocycles. The van der Waals surface area contributed by atoms with Gasteiger partial charge in [-0.3, -0.25) is 0 Å². The average molecular weight is 354 g/mol. The fraction of sp³-hybridized carbons (Fsp3) is 0.417. The molecule has 0 aliphatic carbocycles. The van der Waals surface area contributed by atoms with E-state index in [4.69, 9.17) is 28.3 Å². The third-order valence-corrected chi connectivity index (χ3v) is 5.91. The molecule has 0 spiro atoms. The Morgan fingerprint density at radius 3 is 2.43 bits per heavy atom. The summed E-state index contributed by atoms with van der Waals surface area (Å²) < 4.78 is 26.1. The van der Waals surface area contributed by atoms with Crippen molar-refractivity contribution in [2.24, 2.45) is 0 Å². The molecule has 0 radical (unpaired) electrons. The van der Waals surface area contributed by atoms with Crippen molar-refractivity contribution >= 4 is 39.2 Å². The largest absolute Gasteiger partial charge is 0.478 e. The zero-order chi connectivity index (χ0) is 16.0. The summed E-state index contributed by atoms with van der Waals surface area (Å²) in [4.78, 5) is 10.7. The molecule has 0 amide bonds. The van der Waals surface area contributed by atoms with Crippen molar-refractivity contribution in [2.45, 2.75) is 23.8 Å². The second kappa shape index (κ2) is 5.40. The SMILES string of the molecule is CC1(O)CCN(S(=O)(=O)c2cc(C(=O)O)c(Cl)cc2Cl)C1. The Kier molecular flexibility index (Phi) is 4.25. The van der Waals surface area contributed by atoms with E-state index in [1.54, 1.807) is 0 Å². The number of benzene rings is 1. The van der Waals surface area contributed by atoms with Crippen LogP contribution in [0.4, 0.5) is 0 Å². The van der Waals surface area contributed by atoms with Gasteiger partial charge in [0.25, 0.3) is 0 Å². The van der Waals surface area contributed by atoms with Gasteiger partial charge in [0.2, 0.25) is 10.0 Å². The zero-order valence-corrected chi connectivity index (χ0v) is 13.3. The zero-order valence-electron chi connectivity index (χ0n) is 11.0. The number of hydrogen-bond donors (Lipinski definition) is 2. The third-order valence-electron chi connectivity index (χ3n) is 3.29. The van der Waals surface area contributed by atoms with Crippen LogP contribution in [0.25, 0.3) is 0 Å². The first-order valence-electron chi connectivity index (χ1n) is 5.99. The van der Waals surface area contributed by atoms with Crippen molar-refractivity contribution in [3.8, 4) is 0 Å². The number of sulfonamides is 1. The lowest BCUT2D eigenvalue weighted by Crippen LogP contribution is -2.34. The molecule has 1 heterocycles. The van der Waals surface area contributed by atoms with Gasteiger partial charge in [0.05, 0.1) is 21.2 Å². The van der Waals surface area contributed by atoms with Crippen molar-refractivity contribution in [3.63, 3.8) is 0 Å². The Hall–Kier alpha value is -0.860. The molecular weight excluding hydrogens is 341 g/mol. The Morgan fingerprint density at radius 2 is 1.95 bits per heavy atom. The summed E-state index contributed by atoms with van der Waals surface area (Å²) in [6.07, 6.45) is 0.295. The van der Waals surface area contributed by atoms with Gasteiger partial charge in [-0.15, -0.1) is 0 Å². The highest BCUT2D eigenvalue weighted by Gasteiger charge is 2.39. The van der Waals surface area contributed by atoms with Gasteiger partial charge in [0.15, 0.2) is 0 Å². The number of carboxylic acids is 1. The van der Waals surface area contributed by atoms with Crippen LogP contribution in [0, 0.1) is 0 Å². The van der Waals surface area contributed by atoms with E-state index >= 15 is 0 Å². The predicted octanol–water partition coefficient (Wildman–Crippen LogP) is 1.84. The van der Waals surface area contributed by atoms with Gasteiger partial charge in [0.1, 0.15) is 4.90 Å². The number of rotatable bonds is 3. The molecular formula is C12H13Cl2NO5S. The average Bonchev–Trinajstić information content (AvgIpc) is 2.69. The summed E-state index contributed by atoms with van der Waals surface area (Å²) in [5.74, 6) is -1.35. The Balaban J connectivity index is 2.51. The molecule has 0 saturated carbocycles. The molecule has 1 saturated heterocycles. The smallest absolute Gasteiger partial charge is 0.337 e. The Labute approximate surface area is 131 Å². The molecule has 1 atom stereocenters. The highest BCUT2D eigenvalue weighted by molar-refractivity contribution is 7.89. The normalized spacial score (nSPS) is 23.4.